The third-order valence-electron chi connectivity index (χ3n) is 6.22. The molecule has 0 spiro atoms. The number of hydrogen-bond acceptors (Lipinski definition) is 0. The van der Waals surface area contributed by atoms with Gasteiger partial charge in [0.1, 0.15) is 7.05 Å². The molecule has 0 saturated heterocycles. The van der Waals surface area contributed by atoms with E-state index in [1.54, 1.807) is 5.56 Å². The molecule has 25 heavy (non-hydrogen) atoms. The van der Waals surface area contributed by atoms with E-state index in [1.165, 1.54) is 64.5 Å². The Morgan fingerprint density at radius 2 is 1.64 bits per heavy atom. The van der Waals surface area contributed by atoms with Gasteiger partial charge in [0.25, 0.3) is 0 Å². The molecule has 0 atom stereocenters. The van der Waals surface area contributed by atoms with Crippen LogP contribution in [0.15, 0.2) is 42.5 Å². The highest BCUT2D eigenvalue weighted by molar-refractivity contribution is 5.94. The van der Waals surface area contributed by atoms with E-state index >= 15 is 0 Å². The normalized spacial score (nSPS) is 15.2. The molecule has 0 unspecified atom stereocenters. The Bertz CT molecular complexity index is 946. The predicted octanol–water partition coefficient (Wildman–Crippen LogP) is 5.91. The molecule has 128 valence electrons. The van der Waals surface area contributed by atoms with Crippen molar-refractivity contribution in [3.05, 3.63) is 64.8 Å². The number of hydrogen-bond donors (Lipinski definition) is 0. The van der Waals surface area contributed by atoms with Crippen molar-refractivity contribution in [1.82, 2.24) is 0 Å². The summed E-state index contributed by atoms with van der Waals surface area (Å²) in [5, 5.41) is 2.68. The van der Waals surface area contributed by atoms with E-state index in [-0.39, 0.29) is 0 Å². The zero-order valence-electron chi connectivity index (χ0n) is 15.9. The van der Waals surface area contributed by atoms with Gasteiger partial charge in [0, 0.05) is 13.0 Å². The van der Waals surface area contributed by atoms with Gasteiger partial charge < -0.3 is 0 Å². The van der Waals surface area contributed by atoms with Crippen LogP contribution in [-0.4, -0.2) is 0 Å². The summed E-state index contributed by atoms with van der Waals surface area (Å²) in [6.07, 6.45) is 5.47. The summed E-state index contributed by atoms with van der Waals surface area (Å²) in [6, 6.07) is 16.0. The second-order valence-electron chi connectivity index (χ2n) is 7.77. The Morgan fingerprint density at radius 3 is 2.40 bits per heavy atom. The number of benzene rings is 2. The first-order valence-electron chi connectivity index (χ1n) is 9.56. The molecule has 1 fully saturated rings. The highest BCUT2D eigenvalue weighted by atomic mass is 14.9. The van der Waals surface area contributed by atoms with Gasteiger partial charge in [-0.3, -0.25) is 0 Å². The molecule has 0 N–H and O–H groups in total. The number of pyridine rings is 1. The first-order chi connectivity index (χ1) is 12.1. The largest absolute Gasteiger partial charge is 0.220 e. The highest BCUT2D eigenvalue weighted by Gasteiger charge is 2.23. The third-order valence-corrected chi connectivity index (χ3v) is 6.22. The maximum Gasteiger partial charge on any atom is 0.220 e. The smallest absolute Gasteiger partial charge is 0.198 e. The van der Waals surface area contributed by atoms with Gasteiger partial charge in [-0.1, -0.05) is 37.1 Å². The molecule has 0 aliphatic heterocycles. The Kier molecular flexibility index (Phi) is 4.11. The molecular weight excluding hydrogens is 302 g/mol. The SMILES string of the molecule is Cc1cc(C2CCCC2)cc(-c2c3ccccc3cc(C)[n+]2C)c1C. The van der Waals surface area contributed by atoms with Crippen molar-refractivity contribution in [1.29, 1.82) is 0 Å². The van der Waals surface area contributed by atoms with Gasteiger partial charge >= 0.3 is 0 Å². The number of nitrogens with zero attached hydrogens (tertiary/aromatic N) is 1. The van der Waals surface area contributed by atoms with E-state index in [4.69, 9.17) is 0 Å². The minimum Gasteiger partial charge on any atom is -0.198 e. The zero-order chi connectivity index (χ0) is 17.6. The molecule has 1 aromatic heterocycles. The Morgan fingerprint density at radius 1 is 0.920 bits per heavy atom. The first-order valence-corrected chi connectivity index (χ1v) is 9.56. The quantitative estimate of drug-likeness (QED) is 0.514. The molecule has 1 heterocycles. The summed E-state index contributed by atoms with van der Waals surface area (Å²) in [7, 11) is 2.20. The first kappa shape index (κ1) is 16.3. The van der Waals surface area contributed by atoms with Gasteiger partial charge in [0.15, 0.2) is 5.69 Å². The third kappa shape index (κ3) is 2.76. The fourth-order valence-corrected chi connectivity index (χ4v) is 4.47. The molecule has 1 saturated carbocycles. The second-order valence-corrected chi connectivity index (χ2v) is 7.77. The van der Waals surface area contributed by atoms with Crippen molar-refractivity contribution in [3.8, 4) is 11.3 Å². The highest BCUT2D eigenvalue weighted by Crippen LogP contribution is 2.38. The topological polar surface area (TPSA) is 3.88 Å². The van der Waals surface area contributed by atoms with Crippen LogP contribution >= 0.6 is 0 Å². The number of rotatable bonds is 2. The summed E-state index contributed by atoms with van der Waals surface area (Å²) < 4.78 is 2.36. The lowest BCUT2D eigenvalue weighted by atomic mass is 9.89. The summed E-state index contributed by atoms with van der Waals surface area (Å²) >= 11 is 0. The summed E-state index contributed by atoms with van der Waals surface area (Å²) in [6.45, 7) is 6.76. The van der Waals surface area contributed by atoms with Gasteiger partial charge in [0.05, 0.1) is 10.9 Å². The van der Waals surface area contributed by atoms with Crippen LogP contribution in [0.5, 0.6) is 0 Å². The van der Waals surface area contributed by atoms with Crippen LogP contribution in [0.2, 0.25) is 0 Å². The molecule has 0 amide bonds. The van der Waals surface area contributed by atoms with Gasteiger partial charge in [-0.05, 0) is 66.8 Å². The van der Waals surface area contributed by atoms with Crippen LogP contribution in [-0.2, 0) is 7.05 Å². The molecule has 1 nitrogen and oxygen atoms in total. The Balaban J connectivity index is 2.01. The standard InChI is InChI=1S/C24H28N/c1-16-13-21(19-9-5-6-10-19)15-23(18(16)3)24-22-12-8-7-11-20(22)14-17(2)25(24)4/h7-8,11-15,19H,5-6,9-10H2,1-4H3/q+1. The van der Waals surface area contributed by atoms with Crippen molar-refractivity contribution in [3.63, 3.8) is 0 Å². The van der Waals surface area contributed by atoms with E-state index in [1.807, 2.05) is 0 Å². The van der Waals surface area contributed by atoms with E-state index in [2.05, 4.69) is 74.9 Å². The molecule has 2 aromatic carbocycles. The lowest BCUT2D eigenvalue weighted by Gasteiger charge is -2.16. The van der Waals surface area contributed by atoms with Crippen molar-refractivity contribution in [2.24, 2.45) is 7.05 Å². The summed E-state index contributed by atoms with van der Waals surface area (Å²) in [5.74, 6) is 0.749. The van der Waals surface area contributed by atoms with Crippen molar-refractivity contribution < 1.29 is 4.57 Å². The lowest BCUT2D eigenvalue weighted by Crippen LogP contribution is -2.35. The number of aromatic nitrogens is 1. The van der Waals surface area contributed by atoms with E-state index in [0.29, 0.717) is 0 Å². The van der Waals surface area contributed by atoms with Crippen LogP contribution in [0, 0.1) is 20.8 Å². The van der Waals surface area contributed by atoms with E-state index in [9.17, 15) is 0 Å². The average Bonchev–Trinajstić information content (AvgIpc) is 3.13. The Hall–Kier alpha value is -2.15. The maximum atomic E-state index is 2.49. The monoisotopic (exact) mass is 330 g/mol. The fourth-order valence-electron chi connectivity index (χ4n) is 4.47. The van der Waals surface area contributed by atoms with Crippen molar-refractivity contribution in [2.45, 2.75) is 52.4 Å². The van der Waals surface area contributed by atoms with Crippen LogP contribution < -0.4 is 4.57 Å². The van der Waals surface area contributed by atoms with Gasteiger partial charge in [-0.25, -0.2) is 0 Å². The van der Waals surface area contributed by atoms with Crippen LogP contribution in [0.4, 0.5) is 0 Å². The molecule has 0 radical (unpaired) electrons. The van der Waals surface area contributed by atoms with Crippen molar-refractivity contribution in [2.75, 3.05) is 0 Å². The molecule has 4 rings (SSSR count). The fraction of sp³-hybridized carbons (Fsp3) is 0.375. The minimum absolute atomic E-state index is 0.749. The Labute approximate surface area is 151 Å². The van der Waals surface area contributed by atoms with E-state index < -0.39 is 0 Å². The zero-order valence-corrected chi connectivity index (χ0v) is 15.9. The predicted molar refractivity (Wildman–Crippen MR) is 106 cm³/mol. The van der Waals surface area contributed by atoms with Crippen LogP contribution in [0.25, 0.3) is 22.0 Å². The maximum absolute atomic E-state index is 2.49. The minimum atomic E-state index is 0.749. The van der Waals surface area contributed by atoms with Crippen molar-refractivity contribution >= 4 is 10.8 Å². The number of fused-ring (bicyclic) bond motifs is 1. The molecule has 3 aromatic rings. The summed E-state index contributed by atoms with van der Waals surface area (Å²) in [5.41, 5.74) is 8.44. The van der Waals surface area contributed by atoms with Crippen LogP contribution in [0.3, 0.4) is 0 Å². The molecule has 1 heteroatoms. The van der Waals surface area contributed by atoms with E-state index in [0.717, 1.165) is 5.92 Å². The number of aryl methyl sites for hydroxylation is 2. The lowest BCUT2D eigenvalue weighted by molar-refractivity contribution is -0.665. The van der Waals surface area contributed by atoms with Gasteiger partial charge in [-0.15, -0.1) is 0 Å². The molecule has 1 aliphatic carbocycles. The molecule has 1 aliphatic rings. The van der Waals surface area contributed by atoms with Gasteiger partial charge in [-0.2, -0.15) is 4.57 Å². The molecular formula is C24H28N+. The van der Waals surface area contributed by atoms with Crippen LogP contribution in [0.1, 0.15) is 54.0 Å². The average molecular weight is 330 g/mol. The second kappa shape index (κ2) is 6.29. The molecule has 0 bridgehead atoms. The van der Waals surface area contributed by atoms with Gasteiger partial charge in [0.2, 0.25) is 5.69 Å². The summed E-state index contributed by atoms with van der Waals surface area (Å²) in [4.78, 5) is 0.